The van der Waals surface area contributed by atoms with E-state index in [1.807, 2.05) is 18.2 Å². The molecule has 0 radical (unpaired) electrons. The predicted octanol–water partition coefficient (Wildman–Crippen LogP) is 5.22. The molecule has 1 aromatic rings. The van der Waals surface area contributed by atoms with Gasteiger partial charge in [-0.05, 0) is 57.9 Å². The van der Waals surface area contributed by atoms with E-state index >= 15 is 0 Å². The van der Waals surface area contributed by atoms with Crippen LogP contribution in [0.3, 0.4) is 0 Å². The van der Waals surface area contributed by atoms with Crippen LogP contribution in [0.25, 0.3) is 0 Å². The number of rotatable bonds is 7. The van der Waals surface area contributed by atoms with Crippen molar-refractivity contribution >= 4 is 18.4 Å². The molecular weight excluding hydrogens is 346 g/mol. The maximum atomic E-state index is 13.1. The molecule has 0 aliphatic heterocycles. The molecule has 0 aromatic heterocycles. The second-order valence-corrected chi connectivity index (χ2v) is 8.85. The number of carbonyl (C=O) groups is 1. The van der Waals surface area contributed by atoms with Gasteiger partial charge in [-0.25, -0.2) is 0 Å². The third kappa shape index (κ3) is 5.23. The molecule has 1 aromatic carbocycles. The molecule has 1 fully saturated rings. The van der Waals surface area contributed by atoms with E-state index in [0.717, 1.165) is 31.4 Å². The SMILES string of the molecule is CC(C)N(CCOC(=O)C1(c2ccccc2)CCC(C)(C)C1)C(C)C.Cl. The molecule has 0 N–H and O–H groups in total. The Labute approximate surface area is 165 Å². The Morgan fingerprint density at radius 3 is 2.12 bits per heavy atom. The average Bonchev–Trinajstić information content (AvgIpc) is 2.88. The van der Waals surface area contributed by atoms with E-state index < -0.39 is 5.41 Å². The smallest absolute Gasteiger partial charge is 0.316 e. The zero-order valence-corrected chi connectivity index (χ0v) is 18.1. The Morgan fingerprint density at radius 1 is 1.08 bits per heavy atom. The van der Waals surface area contributed by atoms with Crippen molar-refractivity contribution in [3.8, 4) is 0 Å². The number of carbonyl (C=O) groups excluding carboxylic acids is 1. The van der Waals surface area contributed by atoms with Gasteiger partial charge in [-0.1, -0.05) is 44.2 Å². The molecule has 0 saturated heterocycles. The average molecular weight is 382 g/mol. The number of halogens is 1. The molecule has 0 heterocycles. The van der Waals surface area contributed by atoms with Crippen LogP contribution >= 0.6 is 12.4 Å². The van der Waals surface area contributed by atoms with Gasteiger partial charge in [0.1, 0.15) is 6.61 Å². The van der Waals surface area contributed by atoms with Crippen LogP contribution in [0, 0.1) is 5.41 Å². The van der Waals surface area contributed by atoms with Crippen LogP contribution in [0.4, 0.5) is 0 Å². The van der Waals surface area contributed by atoms with Crippen molar-refractivity contribution in [2.75, 3.05) is 13.2 Å². The van der Waals surface area contributed by atoms with Gasteiger partial charge in [0, 0.05) is 18.6 Å². The monoisotopic (exact) mass is 381 g/mol. The first-order valence-corrected chi connectivity index (χ1v) is 9.66. The van der Waals surface area contributed by atoms with Crippen LogP contribution in [0.15, 0.2) is 30.3 Å². The van der Waals surface area contributed by atoms with Crippen LogP contribution in [0.2, 0.25) is 0 Å². The van der Waals surface area contributed by atoms with E-state index in [4.69, 9.17) is 4.74 Å². The highest BCUT2D eigenvalue weighted by molar-refractivity contribution is 5.85. The zero-order chi connectivity index (χ0) is 18.7. The number of benzene rings is 1. The zero-order valence-electron chi connectivity index (χ0n) is 17.2. The Hall–Kier alpha value is -1.06. The fourth-order valence-electron chi connectivity index (χ4n) is 4.34. The predicted molar refractivity (Wildman–Crippen MR) is 111 cm³/mol. The summed E-state index contributed by atoms with van der Waals surface area (Å²) in [6, 6.07) is 11.1. The third-order valence-corrected chi connectivity index (χ3v) is 5.64. The van der Waals surface area contributed by atoms with Gasteiger partial charge >= 0.3 is 5.97 Å². The molecule has 1 atom stereocenters. The Balaban J connectivity index is 0.00000338. The number of hydrogen-bond acceptors (Lipinski definition) is 3. The Kier molecular flexibility index (Phi) is 8.16. The second-order valence-electron chi connectivity index (χ2n) is 8.85. The van der Waals surface area contributed by atoms with Crippen LogP contribution in [-0.4, -0.2) is 36.1 Å². The third-order valence-electron chi connectivity index (χ3n) is 5.64. The highest BCUT2D eigenvalue weighted by atomic mass is 35.5. The van der Waals surface area contributed by atoms with Gasteiger partial charge in [0.25, 0.3) is 0 Å². The van der Waals surface area contributed by atoms with E-state index in [1.54, 1.807) is 0 Å². The largest absolute Gasteiger partial charge is 0.464 e. The van der Waals surface area contributed by atoms with E-state index in [1.165, 1.54) is 0 Å². The van der Waals surface area contributed by atoms with E-state index in [9.17, 15) is 4.79 Å². The summed E-state index contributed by atoms with van der Waals surface area (Å²) in [7, 11) is 0. The first-order chi connectivity index (χ1) is 11.7. The lowest BCUT2D eigenvalue weighted by Gasteiger charge is -2.32. The minimum absolute atomic E-state index is 0. The fraction of sp³-hybridized carbons (Fsp3) is 0.682. The standard InChI is InChI=1S/C22H35NO2.ClH/c1-17(2)23(18(3)4)14-15-25-20(24)22(13-12-21(5,6)16-22)19-10-8-7-9-11-19;/h7-11,17-18H,12-16H2,1-6H3;1H. The number of hydrogen-bond donors (Lipinski definition) is 0. The maximum absolute atomic E-state index is 13.1. The Bertz CT molecular complexity index is 563. The van der Waals surface area contributed by atoms with Gasteiger partial charge in [-0.15, -0.1) is 12.4 Å². The summed E-state index contributed by atoms with van der Waals surface area (Å²) >= 11 is 0. The lowest BCUT2D eigenvalue weighted by molar-refractivity contribution is -0.151. The lowest BCUT2D eigenvalue weighted by atomic mass is 9.76. The summed E-state index contributed by atoms with van der Waals surface area (Å²) in [6.45, 7) is 14.5. The van der Waals surface area contributed by atoms with E-state index in [0.29, 0.717) is 18.7 Å². The minimum Gasteiger partial charge on any atom is -0.464 e. The van der Waals surface area contributed by atoms with E-state index in [2.05, 4.69) is 58.6 Å². The van der Waals surface area contributed by atoms with Crippen molar-refractivity contribution in [1.29, 1.82) is 0 Å². The van der Waals surface area contributed by atoms with Gasteiger partial charge in [0.15, 0.2) is 0 Å². The minimum atomic E-state index is -0.481. The molecule has 4 heteroatoms. The second kappa shape index (κ2) is 9.23. The van der Waals surface area contributed by atoms with Gasteiger partial charge in [-0.3, -0.25) is 9.69 Å². The molecule has 1 unspecified atom stereocenters. The van der Waals surface area contributed by atoms with Crippen LogP contribution in [-0.2, 0) is 14.9 Å². The van der Waals surface area contributed by atoms with Crippen molar-refractivity contribution in [1.82, 2.24) is 4.90 Å². The summed E-state index contributed by atoms with van der Waals surface area (Å²) in [5.74, 6) is -0.0447. The van der Waals surface area contributed by atoms with Crippen molar-refractivity contribution in [2.24, 2.45) is 5.41 Å². The van der Waals surface area contributed by atoms with Crippen molar-refractivity contribution in [3.05, 3.63) is 35.9 Å². The molecule has 26 heavy (non-hydrogen) atoms. The Morgan fingerprint density at radius 2 is 1.65 bits per heavy atom. The fourth-order valence-corrected chi connectivity index (χ4v) is 4.34. The summed E-state index contributed by atoms with van der Waals surface area (Å²) < 4.78 is 5.83. The molecule has 1 saturated carbocycles. The maximum Gasteiger partial charge on any atom is 0.316 e. The molecule has 1 aliphatic rings. The van der Waals surface area contributed by atoms with Crippen LogP contribution < -0.4 is 0 Å². The molecular formula is C22H36ClNO2. The molecule has 0 spiro atoms. The quantitative estimate of drug-likeness (QED) is 0.606. The van der Waals surface area contributed by atoms with Crippen LogP contribution in [0.5, 0.6) is 0 Å². The molecule has 1 aliphatic carbocycles. The van der Waals surface area contributed by atoms with Gasteiger partial charge in [-0.2, -0.15) is 0 Å². The summed E-state index contributed by atoms with van der Waals surface area (Å²) in [4.78, 5) is 15.5. The van der Waals surface area contributed by atoms with Crippen molar-refractivity contribution in [2.45, 2.75) is 78.3 Å². The summed E-state index contributed by atoms with van der Waals surface area (Å²) in [6.07, 6.45) is 2.79. The first kappa shape index (κ1) is 23.0. The van der Waals surface area contributed by atoms with Gasteiger partial charge in [0.05, 0.1) is 5.41 Å². The first-order valence-electron chi connectivity index (χ1n) is 9.66. The molecule has 0 amide bonds. The normalized spacial score (nSPS) is 21.9. The van der Waals surface area contributed by atoms with Crippen molar-refractivity contribution in [3.63, 3.8) is 0 Å². The highest BCUT2D eigenvalue weighted by Gasteiger charge is 2.50. The lowest BCUT2D eigenvalue weighted by Crippen LogP contribution is -2.41. The van der Waals surface area contributed by atoms with E-state index in [-0.39, 0.29) is 23.8 Å². The molecule has 148 valence electrons. The highest BCUT2D eigenvalue weighted by Crippen LogP contribution is 2.51. The summed E-state index contributed by atoms with van der Waals surface area (Å²) in [5.41, 5.74) is 0.803. The van der Waals surface area contributed by atoms with Crippen molar-refractivity contribution < 1.29 is 9.53 Å². The number of ether oxygens (including phenoxy) is 1. The number of nitrogens with zero attached hydrogens (tertiary/aromatic N) is 1. The number of esters is 1. The molecule has 2 rings (SSSR count). The summed E-state index contributed by atoms with van der Waals surface area (Å²) in [5, 5.41) is 0. The topological polar surface area (TPSA) is 29.5 Å². The van der Waals surface area contributed by atoms with Crippen LogP contribution in [0.1, 0.15) is 66.4 Å². The van der Waals surface area contributed by atoms with Gasteiger partial charge in [0.2, 0.25) is 0 Å². The van der Waals surface area contributed by atoms with Gasteiger partial charge < -0.3 is 4.74 Å². The molecule has 3 nitrogen and oxygen atoms in total. The molecule has 0 bridgehead atoms.